The van der Waals surface area contributed by atoms with Crippen LogP contribution < -0.4 is 0 Å². The Balaban J connectivity index is 1.29. The normalized spacial score (nSPS) is 13.8. The lowest BCUT2D eigenvalue weighted by molar-refractivity contribution is -0.131. The number of nitrogens with zero attached hydrogens (tertiary/aromatic N) is 3. The van der Waals surface area contributed by atoms with Gasteiger partial charge in [0, 0.05) is 42.8 Å². The first kappa shape index (κ1) is 21.1. The van der Waals surface area contributed by atoms with Crippen molar-refractivity contribution in [1.29, 1.82) is 0 Å². The fraction of sp³-hybridized carbons (Fsp3) is 0.208. The minimum absolute atomic E-state index is 0.00499. The molecule has 4 rings (SSSR count). The van der Waals surface area contributed by atoms with E-state index in [0.29, 0.717) is 31.7 Å². The van der Waals surface area contributed by atoms with E-state index in [2.05, 4.69) is 4.98 Å². The quantitative estimate of drug-likeness (QED) is 0.610. The Labute approximate surface area is 184 Å². The molecule has 1 aliphatic heterocycles. The van der Waals surface area contributed by atoms with E-state index in [9.17, 15) is 14.0 Å². The summed E-state index contributed by atoms with van der Waals surface area (Å²) < 4.78 is 13.0. The van der Waals surface area contributed by atoms with Gasteiger partial charge in [0.1, 0.15) is 10.8 Å². The Morgan fingerprint density at radius 3 is 2.19 bits per heavy atom. The van der Waals surface area contributed by atoms with E-state index in [1.165, 1.54) is 12.1 Å². The van der Waals surface area contributed by atoms with Gasteiger partial charge in [-0.2, -0.15) is 0 Å². The zero-order chi connectivity index (χ0) is 21.6. The van der Waals surface area contributed by atoms with Crippen LogP contribution in [0, 0.1) is 5.82 Å². The maximum Gasteiger partial charge on any atom is 0.253 e. The Kier molecular flexibility index (Phi) is 6.62. The number of pyridine rings is 1. The molecule has 0 saturated carbocycles. The SMILES string of the molecule is O=C(Cc1ccc(F)cc1)N1CCN(C(=O)c2ccc(Sc3ccccn3)cc2)CC1. The first-order chi connectivity index (χ1) is 15.1. The van der Waals surface area contributed by atoms with Crippen LogP contribution in [0.4, 0.5) is 4.39 Å². The van der Waals surface area contributed by atoms with Crippen LogP contribution >= 0.6 is 11.8 Å². The molecule has 5 nitrogen and oxygen atoms in total. The predicted octanol–water partition coefficient (Wildman–Crippen LogP) is 3.90. The van der Waals surface area contributed by atoms with Crippen LogP contribution in [0.15, 0.2) is 82.8 Å². The zero-order valence-electron chi connectivity index (χ0n) is 16.9. The van der Waals surface area contributed by atoms with Crippen molar-refractivity contribution < 1.29 is 14.0 Å². The average molecular weight is 436 g/mol. The largest absolute Gasteiger partial charge is 0.339 e. The molecule has 7 heteroatoms. The predicted molar refractivity (Wildman–Crippen MR) is 117 cm³/mol. The number of benzene rings is 2. The van der Waals surface area contributed by atoms with E-state index < -0.39 is 0 Å². The lowest BCUT2D eigenvalue weighted by atomic mass is 10.1. The topological polar surface area (TPSA) is 53.5 Å². The van der Waals surface area contributed by atoms with Crippen molar-refractivity contribution in [3.63, 3.8) is 0 Å². The van der Waals surface area contributed by atoms with Crippen LogP contribution in [-0.4, -0.2) is 52.8 Å². The number of halogens is 1. The van der Waals surface area contributed by atoms with E-state index in [1.807, 2.05) is 42.5 Å². The van der Waals surface area contributed by atoms with Gasteiger partial charge in [-0.1, -0.05) is 30.0 Å². The summed E-state index contributed by atoms with van der Waals surface area (Å²) in [6, 6.07) is 19.3. The number of amides is 2. The molecule has 1 aliphatic rings. The third-order valence-corrected chi connectivity index (χ3v) is 6.11. The number of carbonyl (C=O) groups is 2. The first-order valence-electron chi connectivity index (χ1n) is 10.1. The van der Waals surface area contributed by atoms with Gasteiger partial charge in [-0.15, -0.1) is 0 Å². The number of aromatic nitrogens is 1. The Hall–Kier alpha value is -3.19. The molecule has 0 N–H and O–H groups in total. The van der Waals surface area contributed by atoms with E-state index in [4.69, 9.17) is 0 Å². The van der Waals surface area contributed by atoms with Gasteiger partial charge in [-0.05, 0) is 54.1 Å². The Morgan fingerprint density at radius 2 is 1.55 bits per heavy atom. The molecule has 158 valence electrons. The monoisotopic (exact) mass is 435 g/mol. The van der Waals surface area contributed by atoms with Crippen molar-refractivity contribution in [1.82, 2.24) is 14.8 Å². The maximum atomic E-state index is 13.0. The van der Waals surface area contributed by atoms with Gasteiger partial charge in [0.2, 0.25) is 5.91 Å². The molecule has 0 spiro atoms. The van der Waals surface area contributed by atoms with Gasteiger partial charge in [-0.25, -0.2) is 9.37 Å². The van der Waals surface area contributed by atoms with Gasteiger partial charge in [0.05, 0.1) is 6.42 Å². The van der Waals surface area contributed by atoms with E-state index in [1.54, 1.807) is 39.9 Å². The second kappa shape index (κ2) is 9.75. The summed E-state index contributed by atoms with van der Waals surface area (Å²) in [7, 11) is 0. The summed E-state index contributed by atoms with van der Waals surface area (Å²) in [5.74, 6) is -0.346. The zero-order valence-corrected chi connectivity index (χ0v) is 17.7. The first-order valence-corrected chi connectivity index (χ1v) is 10.9. The Morgan fingerprint density at radius 1 is 0.871 bits per heavy atom. The molecule has 0 unspecified atom stereocenters. The average Bonchev–Trinajstić information content (AvgIpc) is 2.81. The number of hydrogen-bond acceptors (Lipinski definition) is 4. The molecule has 0 bridgehead atoms. The molecule has 1 aromatic heterocycles. The lowest BCUT2D eigenvalue weighted by Gasteiger charge is -2.35. The molecule has 2 aromatic carbocycles. The molecular formula is C24H22FN3O2S. The molecule has 1 saturated heterocycles. The van der Waals surface area contributed by atoms with Crippen molar-refractivity contribution in [2.45, 2.75) is 16.3 Å². The number of rotatable bonds is 5. The summed E-state index contributed by atoms with van der Waals surface area (Å²) in [4.78, 5) is 34.2. The highest BCUT2D eigenvalue weighted by atomic mass is 32.2. The molecule has 0 aliphatic carbocycles. The summed E-state index contributed by atoms with van der Waals surface area (Å²) >= 11 is 1.55. The number of carbonyl (C=O) groups excluding carboxylic acids is 2. The fourth-order valence-corrected chi connectivity index (χ4v) is 4.20. The van der Waals surface area contributed by atoms with Gasteiger partial charge in [0.15, 0.2) is 0 Å². The third kappa shape index (κ3) is 5.49. The van der Waals surface area contributed by atoms with Crippen molar-refractivity contribution in [2.75, 3.05) is 26.2 Å². The summed E-state index contributed by atoms with van der Waals surface area (Å²) in [6.07, 6.45) is 1.99. The van der Waals surface area contributed by atoms with Crippen molar-refractivity contribution >= 4 is 23.6 Å². The highest BCUT2D eigenvalue weighted by molar-refractivity contribution is 7.99. The second-order valence-corrected chi connectivity index (χ2v) is 8.36. The molecule has 2 heterocycles. The summed E-state index contributed by atoms with van der Waals surface area (Å²) in [5.41, 5.74) is 1.42. The summed E-state index contributed by atoms with van der Waals surface area (Å²) in [5, 5.41) is 0.906. The number of hydrogen-bond donors (Lipinski definition) is 0. The van der Waals surface area contributed by atoms with E-state index in [0.717, 1.165) is 15.5 Å². The van der Waals surface area contributed by atoms with E-state index in [-0.39, 0.29) is 24.1 Å². The Bertz CT molecular complexity index is 1030. The lowest BCUT2D eigenvalue weighted by Crippen LogP contribution is -2.51. The third-order valence-electron chi connectivity index (χ3n) is 5.15. The summed E-state index contributed by atoms with van der Waals surface area (Å²) in [6.45, 7) is 2.00. The molecule has 1 fully saturated rings. The van der Waals surface area contributed by atoms with Crippen LogP contribution in [0.25, 0.3) is 0 Å². The maximum absolute atomic E-state index is 13.0. The highest BCUT2D eigenvalue weighted by Gasteiger charge is 2.24. The van der Waals surface area contributed by atoms with E-state index >= 15 is 0 Å². The van der Waals surface area contributed by atoms with Crippen molar-refractivity contribution in [2.24, 2.45) is 0 Å². The minimum atomic E-state index is -0.313. The standard InChI is InChI=1S/C24H22FN3O2S/c25-20-8-4-18(5-9-20)17-23(29)27-13-15-28(16-14-27)24(30)19-6-10-21(11-7-19)31-22-3-1-2-12-26-22/h1-12H,13-17H2. The second-order valence-electron chi connectivity index (χ2n) is 7.27. The van der Waals surface area contributed by atoms with Gasteiger partial charge < -0.3 is 9.80 Å². The van der Waals surface area contributed by atoms with Crippen LogP contribution in [0.5, 0.6) is 0 Å². The van der Waals surface area contributed by atoms with Crippen LogP contribution in [0.2, 0.25) is 0 Å². The molecule has 2 amide bonds. The molecule has 0 radical (unpaired) electrons. The minimum Gasteiger partial charge on any atom is -0.339 e. The highest BCUT2D eigenvalue weighted by Crippen LogP contribution is 2.26. The van der Waals surface area contributed by atoms with Gasteiger partial charge in [-0.3, -0.25) is 9.59 Å². The van der Waals surface area contributed by atoms with Crippen LogP contribution in [-0.2, 0) is 11.2 Å². The van der Waals surface area contributed by atoms with Crippen molar-refractivity contribution in [3.8, 4) is 0 Å². The van der Waals surface area contributed by atoms with Crippen LogP contribution in [0.3, 0.4) is 0 Å². The number of piperazine rings is 1. The van der Waals surface area contributed by atoms with Gasteiger partial charge in [0.25, 0.3) is 5.91 Å². The molecule has 31 heavy (non-hydrogen) atoms. The van der Waals surface area contributed by atoms with Crippen molar-refractivity contribution in [3.05, 3.63) is 89.9 Å². The molecular weight excluding hydrogens is 413 g/mol. The van der Waals surface area contributed by atoms with Crippen LogP contribution in [0.1, 0.15) is 15.9 Å². The fourth-order valence-electron chi connectivity index (χ4n) is 3.42. The van der Waals surface area contributed by atoms with Gasteiger partial charge >= 0.3 is 0 Å². The molecule has 3 aromatic rings. The smallest absolute Gasteiger partial charge is 0.253 e. The molecule has 0 atom stereocenters.